The smallest absolute Gasteiger partial charge is 0.135 e. The molecule has 1 heterocycles. The Morgan fingerprint density at radius 2 is 1.78 bits per heavy atom. The monoisotopic (exact) mass is 360 g/mol. The van der Waals surface area contributed by atoms with Crippen molar-refractivity contribution in [3.8, 4) is 0 Å². The minimum atomic E-state index is -0.0912. The summed E-state index contributed by atoms with van der Waals surface area (Å²) in [7, 11) is 0. The van der Waals surface area contributed by atoms with Crippen LogP contribution in [0.3, 0.4) is 0 Å². The standard InChI is InChI=1S/C24H26O.C2H6/c1-6-15-24(5)16-14-21-23(19(24)7-2)22-18(4)11-9-8-10-17(3)12-13-20(22)25-21;1-2/h6-16,19H,2H2,1,3-5H3;1-2H3/b9-8?,10-8?,11-9?,13-12?,15-6-,17-10?,17-12?,18-11?,20-13?,22-18?;. The van der Waals surface area contributed by atoms with Crippen LogP contribution in [0.4, 0.5) is 0 Å². The largest absolute Gasteiger partial charge is 0.456 e. The molecule has 2 atom stereocenters. The SMILES string of the molecule is C=CC1c2c(oc3ccc(C)ccccc(C)c23)C=CC1(C)/C=C\C.CC. The van der Waals surface area contributed by atoms with Crippen molar-refractivity contribution in [1.29, 1.82) is 0 Å². The maximum absolute atomic E-state index is 6.25. The fourth-order valence-electron chi connectivity index (χ4n) is 3.75. The first kappa shape index (κ1) is 20.8. The Morgan fingerprint density at radius 3 is 2.44 bits per heavy atom. The van der Waals surface area contributed by atoms with Gasteiger partial charge >= 0.3 is 0 Å². The summed E-state index contributed by atoms with van der Waals surface area (Å²) in [5.74, 6) is 1.12. The van der Waals surface area contributed by atoms with Gasteiger partial charge < -0.3 is 4.42 Å². The number of rotatable bonds is 2. The van der Waals surface area contributed by atoms with E-state index >= 15 is 0 Å². The molecule has 2 unspecified atom stereocenters. The Labute approximate surface area is 164 Å². The quantitative estimate of drug-likeness (QED) is 0.493. The van der Waals surface area contributed by atoms with E-state index < -0.39 is 0 Å². The van der Waals surface area contributed by atoms with Gasteiger partial charge in [-0.2, -0.15) is 0 Å². The molecule has 1 heteroatoms. The van der Waals surface area contributed by atoms with E-state index in [0.29, 0.717) is 0 Å². The van der Waals surface area contributed by atoms with E-state index in [9.17, 15) is 0 Å². The zero-order valence-electron chi connectivity index (χ0n) is 17.5. The molecule has 1 aliphatic rings. The van der Waals surface area contributed by atoms with Crippen LogP contribution in [0.1, 0.15) is 56.1 Å². The highest BCUT2D eigenvalue weighted by atomic mass is 16.3. The first-order chi connectivity index (χ1) is 13.0. The average Bonchev–Trinajstić information content (AvgIpc) is 3.03. The molecule has 0 bridgehead atoms. The average molecular weight is 361 g/mol. The molecule has 0 fully saturated rings. The predicted molar refractivity (Wildman–Crippen MR) is 120 cm³/mol. The second kappa shape index (κ2) is 8.90. The molecule has 1 nitrogen and oxygen atoms in total. The van der Waals surface area contributed by atoms with Gasteiger partial charge in [0, 0.05) is 22.3 Å². The summed E-state index contributed by atoms with van der Waals surface area (Å²) in [5.41, 5.74) is 4.47. The van der Waals surface area contributed by atoms with Crippen molar-refractivity contribution in [1.82, 2.24) is 0 Å². The molecule has 1 aliphatic carbocycles. The lowest BCUT2D eigenvalue weighted by Crippen LogP contribution is -2.22. The second-order valence-electron chi connectivity index (χ2n) is 7.01. The van der Waals surface area contributed by atoms with Crippen molar-refractivity contribution in [2.24, 2.45) is 5.41 Å². The summed E-state index contributed by atoms with van der Waals surface area (Å²) in [6.07, 6.45) is 10.8. The topological polar surface area (TPSA) is 13.1 Å². The first-order valence-corrected chi connectivity index (χ1v) is 9.83. The molecule has 3 rings (SSSR count). The third kappa shape index (κ3) is 4.08. The third-order valence-corrected chi connectivity index (χ3v) is 5.05. The lowest BCUT2D eigenvalue weighted by Gasteiger charge is -2.33. The van der Waals surface area contributed by atoms with Gasteiger partial charge in [-0.3, -0.25) is 0 Å². The second-order valence-corrected chi connectivity index (χ2v) is 7.01. The lowest BCUT2D eigenvalue weighted by molar-refractivity contribution is 0.473. The van der Waals surface area contributed by atoms with Crippen LogP contribution in [0.2, 0.25) is 0 Å². The number of hydrogen-bond donors (Lipinski definition) is 0. The van der Waals surface area contributed by atoms with Gasteiger partial charge in [0.05, 0.1) is 0 Å². The van der Waals surface area contributed by atoms with Crippen molar-refractivity contribution in [2.45, 2.75) is 47.5 Å². The maximum Gasteiger partial charge on any atom is 0.135 e. The summed E-state index contributed by atoms with van der Waals surface area (Å²) < 4.78 is 6.25. The molecule has 0 saturated carbocycles. The summed E-state index contributed by atoms with van der Waals surface area (Å²) in [5, 5.41) is 1.19. The fraction of sp³-hybridized carbons (Fsp3) is 0.308. The Bertz CT molecular complexity index is 925. The van der Waals surface area contributed by atoms with Gasteiger partial charge in [0.15, 0.2) is 0 Å². The highest BCUT2D eigenvalue weighted by Crippen LogP contribution is 2.48. The number of allylic oxidation sites excluding steroid dienone is 4. The van der Waals surface area contributed by atoms with Crippen LogP contribution >= 0.6 is 0 Å². The highest BCUT2D eigenvalue weighted by molar-refractivity contribution is 5.89. The minimum Gasteiger partial charge on any atom is -0.456 e. The van der Waals surface area contributed by atoms with Gasteiger partial charge in [-0.25, -0.2) is 0 Å². The van der Waals surface area contributed by atoms with Crippen molar-refractivity contribution in [3.63, 3.8) is 0 Å². The molecule has 142 valence electrons. The molecular formula is C26H32O. The summed E-state index contributed by atoms with van der Waals surface area (Å²) in [6, 6.07) is 12.6. The fourth-order valence-corrected chi connectivity index (χ4v) is 3.75. The van der Waals surface area contributed by atoms with Crippen molar-refractivity contribution in [3.05, 3.63) is 89.7 Å². The molecule has 0 saturated heterocycles. The molecule has 1 aromatic heterocycles. The van der Waals surface area contributed by atoms with Gasteiger partial charge in [-0.1, -0.05) is 81.0 Å². The minimum absolute atomic E-state index is 0.0912. The van der Waals surface area contributed by atoms with Gasteiger partial charge in [-0.05, 0) is 38.5 Å². The summed E-state index contributed by atoms with van der Waals surface area (Å²) in [6.45, 7) is 16.7. The Balaban J connectivity index is 0.00000126. The van der Waals surface area contributed by atoms with Crippen LogP contribution in [0.15, 0.2) is 71.7 Å². The number of aryl methyl sites for hydroxylation is 2. The summed E-state index contributed by atoms with van der Waals surface area (Å²) in [4.78, 5) is 0. The number of furan rings is 1. The van der Waals surface area contributed by atoms with Gasteiger partial charge in [-0.15, -0.1) is 6.58 Å². The van der Waals surface area contributed by atoms with Crippen molar-refractivity contribution < 1.29 is 4.42 Å². The van der Waals surface area contributed by atoms with Crippen LogP contribution < -0.4 is 0 Å². The van der Waals surface area contributed by atoms with Crippen molar-refractivity contribution >= 4 is 17.0 Å². The molecule has 27 heavy (non-hydrogen) atoms. The molecule has 0 amide bonds. The Hall–Kier alpha value is -2.54. The van der Waals surface area contributed by atoms with E-state index in [1.165, 1.54) is 22.1 Å². The number of fused-ring (bicyclic) bond motifs is 3. The van der Waals surface area contributed by atoms with E-state index in [4.69, 9.17) is 4.42 Å². The molecule has 0 N–H and O–H groups in total. The molecule has 1 aromatic carbocycles. The van der Waals surface area contributed by atoms with Crippen LogP contribution in [0.25, 0.3) is 17.0 Å². The van der Waals surface area contributed by atoms with Crippen LogP contribution in [0, 0.1) is 19.3 Å². The van der Waals surface area contributed by atoms with E-state index in [0.717, 1.165) is 11.3 Å². The normalized spacial score (nSPS) is 20.6. The first-order valence-electron chi connectivity index (χ1n) is 9.83. The van der Waals surface area contributed by atoms with Crippen LogP contribution in [-0.4, -0.2) is 0 Å². The zero-order chi connectivity index (χ0) is 20.0. The number of hydrogen-bond acceptors (Lipinski definition) is 1. The maximum atomic E-state index is 6.25. The van der Waals surface area contributed by atoms with Crippen molar-refractivity contribution in [2.75, 3.05) is 0 Å². The summed E-state index contributed by atoms with van der Waals surface area (Å²) >= 11 is 0. The van der Waals surface area contributed by atoms with Gasteiger partial charge in [0.1, 0.15) is 11.3 Å². The van der Waals surface area contributed by atoms with E-state index in [1.807, 2.05) is 13.8 Å². The molecule has 2 aromatic rings. The lowest BCUT2D eigenvalue weighted by atomic mass is 9.69. The molecule has 0 spiro atoms. The molecular weight excluding hydrogens is 328 g/mol. The zero-order valence-corrected chi connectivity index (χ0v) is 17.5. The Kier molecular flexibility index (Phi) is 6.85. The Morgan fingerprint density at radius 1 is 1.07 bits per heavy atom. The van der Waals surface area contributed by atoms with Crippen LogP contribution in [0.5, 0.6) is 0 Å². The van der Waals surface area contributed by atoms with E-state index in [2.05, 4.69) is 101 Å². The van der Waals surface area contributed by atoms with E-state index in [-0.39, 0.29) is 11.3 Å². The predicted octanol–water partition coefficient (Wildman–Crippen LogP) is 8.08. The van der Waals surface area contributed by atoms with Crippen LogP contribution in [-0.2, 0) is 0 Å². The highest BCUT2D eigenvalue weighted by Gasteiger charge is 2.36. The molecule has 0 radical (unpaired) electrons. The van der Waals surface area contributed by atoms with Gasteiger partial charge in [0.25, 0.3) is 0 Å². The van der Waals surface area contributed by atoms with Gasteiger partial charge in [0.2, 0.25) is 0 Å². The van der Waals surface area contributed by atoms with E-state index in [1.54, 1.807) is 0 Å². The third-order valence-electron chi connectivity index (χ3n) is 5.05. The molecule has 0 aliphatic heterocycles.